The summed E-state index contributed by atoms with van der Waals surface area (Å²) in [6.45, 7) is 3.12. The van der Waals surface area contributed by atoms with Crippen molar-refractivity contribution < 1.29 is 0 Å². The van der Waals surface area contributed by atoms with Gasteiger partial charge in [-0.1, -0.05) is 31.9 Å². The minimum absolute atomic E-state index is 0. The van der Waals surface area contributed by atoms with E-state index in [0.717, 1.165) is 29.9 Å². The SMILES string of the molecule is CCCCCn1cc(-c2ccc(N)cc2)nc1N.Cl. The Morgan fingerprint density at radius 1 is 1.11 bits per heavy atom. The molecule has 2 aromatic rings. The van der Waals surface area contributed by atoms with E-state index in [-0.39, 0.29) is 12.4 Å². The van der Waals surface area contributed by atoms with Crippen molar-refractivity contribution in [2.45, 2.75) is 32.7 Å². The van der Waals surface area contributed by atoms with Gasteiger partial charge in [0.15, 0.2) is 0 Å². The monoisotopic (exact) mass is 280 g/mol. The van der Waals surface area contributed by atoms with Crippen LogP contribution in [0.1, 0.15) is 26.2 Å². The lowest BCUT2D eigenvalue weighted by Gasteiger charge is -2.02. The van der Waals surface area contributed by atoms with Gasteiger partial charge in [0.25, 0.3) is 0 Å². The summed E-state index contributed by atoms with van der Waals surface area (Å²) in [6, 6.07) is 7.68. The molecule has 4 N–H and O–H groups in total. The van der Waals surface area contributed by atoms with Gasteiger partial charge in [0.1, 0.15) is 0 Å². The first-order valence-electron chi connectivity index (χ1n) is 6.39. The largest absolute Gasteiger partial charge is 0.399 e. The first kappa shape index (κ1) is 15.4. The number of rotatable bonds is 5. The maximum absolute atomic E-state index is 5.92. The predicted octanol–water partition coefficient (Wildman–Crippen LogP) is 3.33. The van der Waals surface area contributed by atoms with E-state index in [4.69, 9.17) is 11.5 Å². The second-order valence-corrected chi connectivity index (χ2v) is 4.51. The van der Waals surface area contributed by atoms with Gasteiger partial charge in [-0.2, -0.15) is 0 Å². The molecule has 0 radical (unpaired) electrons. The average Bonchev–Trinajstić information content (AvgIpc) is 2.72. The molecule has 0 atom stereocenters. The molecule has 0 aliphatic rings. The molecule has 0 bridgehead atoms. The molecule has 5 heteroatoms. The predicted molar refractivity (Wildman–Crippen MR) is 83.3 cm³/mol. The fourth-order valence-corrected chi connectivity index (χ4v) is 1.93. The van der Waals surface area contributed by atoms with Crippen LogP contribution in [0, 0.1) is 0 Å². The summed E-state index contributed by atoms with van der Waals surface area (Å²) in [6.07, 6.45) is 5.57. The molecular weight excluding hydrogens is 260 g/mol. The third-order valence-electron chi connectivity index (χ3n) is 3.02. The number of nitrogens with two attached hydrogens (primary N) is 2. The summed E-state index contributed by atoms with van der Waals surface area (Å²) < 4.78 is 2.02. The van der Waals surface area contributed by atoms with Crippen LogP contribution in [0.15, 0.2) is 30.5 Å². The van der Waals surface area contributed by atoms with E-state index >= 15 is 0 Å². The van der Waals surface area contributed by atoms with Gasteiger partial charge in [-0.15, -0.1) is 12.4 Å². The molecule has 0 spiro atoms. The van der Waals surface area contributed by atoms with Gasteiger partial charge in [0, 0.05) is 24.0 Å². The summed E-state index contributed by atoms with van der Waals surface area (Å²) in [5.74, 6) is 0.581. The number of imidazole rings is 1. The summed E-state index contributed by atoms with van der Waals surface area (Å²) in [7, 11) is 0. The number of hydrogen-bond donors (Lipinski definition) is 2. The molecule has 104 valence electrons. The van der Waals surface area contributed by atoms with Crippen molar-refractivity contribution in [3.8, 4) is 11.3 Å². The lowest BCUT2D eigenvalue weighted by molar-refractivity contribution is 0.608. The van der Waals surface area contributed by atoms with Crippen LogP contribution >= 0.6 is 12.4 Å². The summed E-state index contributed by atoms with van der Waals surface area (Å²) in [4.78, 5) is 4.39. The molecule has 0 saturated carbocycles. The third-order valence-corrected chi connectivity index (χ3v) is 3.02. The zero-order valence-corrected chi connectivity index (χ0v) is 12.0. The van der Waals surface area contributed by atoms with Crippen molar-refractivity contribution in [1.82, 2.24) is 9.55 Å². The zero-order valence-electron chi connectivity index (χ0n) is 11.2. The van der Waals surface area contributed by atoms with Crippen LogP contribution in [0.4, 0.5) is 11.6 Å². The van der Waals surface area contributed by atoms with Crippen LogP contribution < -0.4 is 11.5 Å². The Hall–Kier alpha value is -1.68. The maximum Gasteiger partial charge on any atom is 0.200 e. The summed E-state index contributed by atoms with van der Waals surface area (Å²) in [5.41, 5.74) is 14.3. The Morgan fingerprint density at radius 2 is 1.79 bits per heavy atom. The van der Waals surface area contributed by atoms with Gasteiger partial charge >= 0.3 is 0 Å². The third kappa shape index (κ3) is 3.89. The van der Waals surface area contributed by atoms with Gasteiger partial charge in [0.2, 0.25) is 5.95 Å². The molecular formula is C14H21ClN4. The van der Waals surface area contributed by atoms with E-state index in [1.54, 1.807) is 0 Å². The van der Waals surface area contributed by atoms with Crippen LogP contribution in [0.3, 0.4) is 0 Å². The van der Waals surface area contributed by atoms with E-state index in [1.165, 1.54) is 12.8 Å². The molecule has 1 aromatic heterocycles. The Morgan fingerprint density at radius 3 is 2.42 bits per heavy atom. The maximum atomic E-state index is 5.92. The number of aromatic nitrogens is 2. The van der Waals surface area contributed by atoms with E-state index < -0.39 is 0 Å². The van der Waals surface area contributed by atoms with Crippen molar-refractivity contribution in [1.29, 1.82) is 0 Å². The highest BCUT2D eigenvalue weighted by Crippen LogP contribution is 2.21. The number of benzene rings is 1. The normalized spacial score (nSPS) is 10.2. The standard InChI is InChI=1S/C14H20N4.ClH/c1-2-3-4-9-18-10-13(17-14(18)16)11-5-7-12(15)8-6-11;/h5-8,10H,2-4,9,15H2,1H3,(H2,16,17);1H. The van der Waals surface area contributed by atoms with Gasteiger partial charge in [-0.05, 0) is 18.6 Å². The molecule has 2 rings (SSSR count). The molecule has 1 aromatic carbocycles. The van der Waals surface area contributed by atoms with Crippen molar-refractivity contribution in [3.63, 3.8) is 0 Å². The van der Waals surface area contributed by atoms with Crippen LogP contribution in [-0.4, -0.2) is 9.55 Å². The van der Waals surface area contributed by atoms with Gasteiger partial charge < -0.3 is 16.0 Å². The number of hydrogen-bond acceptors (Lipinski definition) is 3. The smallest absolute Gasteiger partial charge is 0.200 e. The fraction of sp³-hybridized carbons (Fsp3) is 0.357. The molecule has 0 amide bonds. The minimum atomic E-state index is 0. The summed E-state index contributed by atoms with van der Waals surface area (Å²) >= 11 is 0. The van der Waals surface area contributed by atoms with E-state index in [9.17, 15) is 0 Å². The van der Waals surface area contributed by atoms with Gasteiger partial charge in [0.05, 0.1) is 5.69 Å². The Bertz CT molecular complexity index is 505. The lowest BCUT2D eigenvalue weighted by atomic mass is 10.1. The number of nitrogen functional groups attached to an aromatic ring is 2. The minimum Gasteiger partial charge on any atom is -0.399 e. The highest BCUT2D eigenvalue weighted by atomic mass is 35.5. The van der Waals surface area contributed by atoms with Crippen LogP contribution in [0.25, 0.3) is 11.3 Å². The first-order chi connectivity index (χ1) is 8.70. The van der Waals surface area contributed by atoms with Crippen LogP contribution in [0.2, 0.25) is 0 Å². The van der Waals surface area contributed by atoms with E-state index in [2.05, 4.69) is 11.9 Å². The first-order valence-corrected chi connectivity index (χ1v) is 6.39. The summed E-state index contributed by atoms with van der Waals surface area (Å²) in [5, 5.41) is 0. The van der Waals surface area contributed by atoms with Crippen molar-refractivity contribution >= 4 is 24.0 Å². The van der Waals surface area contributed by atoms with Crippen molar-refractivity contribution in [2.75, 3.05) is 11.5 Å². The highest BCUT2D eigenvalue weighted by Gasteiger charge is 2.06. The lowest BCUT2D eigenvalue weighted by Crippen LogP contribution is -2.02. The molecule has 0 aliphatic carbocycles. The van der Waals surface area contributed by atoms with Gasteiger partial charge in [-0.25, -0.2) is 4.98 Å². The molecule has 0 unspecified atom stereocenters. The molecule has 19 heavy (non-hydrogen) atoms. The van der Waals surface area contributed by atoms with Crippen LogP contribution in [0.5, 0.6) is 0 Å². The molecule has 1 heterocycles. The quantitative estimate of drug-likeness (QED) is 0.652. The van der Waals surface area contributed by atoms with Crippen molar-refractivity contribution in [3.05, 3.63) is 30.5 Å². The Kier molecular flexibility index (Phi) is 5.70. The second kappa shape index (κ2) is 7.04. The number of unbranched alkanes of at least 4 members (excludes halogenated alkanes) is 2. The topological polar surface area (TPSA) is 69.9 Å². The van der Waals surface area contributed by atoms with E-state index in [0.29, 0.717) is 5.95 Å². The Labute approximate surface area is 120 Å². The Balaban J connectivity index is 0.00000180. The van der Waals surface area contributed by atoms with Crippen molar-refractivity contribution in [2.24, 2.45) is 0 Å². The number of nitrogens with zero attached hydrogens (tertiary/aromatic N) is 2. The molecule has 0 fully saturated rings. The molecule has 4 nitrogen and oxygen atoms in total. The van der Waals surface area contributed by atoms with E-state index in [1.807, 2.05) is 35.0 Å². The zero-order chi connectivity index (χ0) is 13.0. The highest BCUT2D eigenvalue weighted by molar-refractivity contribution is 5.85. The average molecular weight is 281 g/mol. The fourth-order valence-electron chi connectivity index (χ4n) is 1.93. The molecule has 0 saturated heterocycles. The second-order valence-electron chi connectivity index (χ2n) is 4.51. The van der Waals surface area contributed by atoms with Gasteiger partial charge in [-0.3, -0.25) is 0 Å². The number of halogens is 1. The number of aryl methyl sites for hydroxylation is 1. The van der Waals surface area contributed by atoms with Crippen LogP contribution in [-0.2, 0) is 6.54 Å². The number of anilines is 2. The molecule has 0 aliphatic heterocycles.